The van der Waals surface area contributed by atoms with Crippen LogP contribution in [0.5, 0.6) is 5.75 Å². The van der Waals surface area contributed by atoms with Crippen LogP contribution >= 0.6 is 0 Å². The fourth-order valence-electron chi connectivity index (χ4n) is 2.92. The number of aromatic nitrogens is 2. The van der Waals surface area contributed by atoms with E-state index >= 15 is 0 Å². The zero-order valence-corrected chi connectivity index (χ0v) is 12.2. The van der Waals surface area contributed by atoms with Crippen molar-refractivity contribution in [3.05, 3.63) is 59.8 Å². The van der Waals surface area contributed by atoms with Crippen LogP contribution in [0, 0.1) is 0 Å². The molecule has 5 nitrogen and oxygen atoms in total. The number of H-pyrrole nitrogens is 1. The van der Waals surface area contributed by atoms with Gasteiger partial charge in [-0.3, -0.25) is 5.10 Å². The summed E-state index contributed by atoms with van der Waals surface area (Å²) in [6, 6.07) is 15.9. The van der Waals surface area contributed by atoms with Gasteiger partial charge in [-0.2, -0.15) is 5.10 Å². The van der Waals surface area contributed by atoms with Crippen LogP contribution in [0.2, 0.25) is 0 Å². The highest BCUT2D eigenvalue weighted by atomic mass is 16.5. The van der Waals surface area contributed by atoms with Gasteiger partial charge in [0.1, 0.15) is 17.1 Å². The van der Waals surface area contributed by atoms with E-state index < -0.39 is 5.97 Å². The molecule has 114 valence electrons. The molecule has 3 aromatic rings. The van der Waals surface area contributed by atoms with E-state index in [4.69, 9.17) is 4.74 Å². The van der Waals surface area contributed by atoms with Crippen LogP contribution in [0.3, 0.4) is 0 Å². The van der Waals surface area contributed by atoms with Crippen LogP contribution in [0.4, 0.5) is 0 Å². The van der Waals surface area contributed by atoms with Crippen molar-refractivity contribution in [2.45, 2.75) is 6.42 Å². The van der Waals surface area contributed by atoms with Gasteiger partial charge in [-0.25, -0.2) is 4.79 Å². The molecule has 0 saturated carbocycles. The lowest BCUT2D eigenvalue weighted by Gasteiger charge is -2.09. The molecular weight excluding hydrogens is 292 g/mol. The van der Waals surface area contributed by atoms with Gasteiger partial charge in [0.05, 0.1) is 6.61 Å². The first kappa shape index (κ1) is 13.6. The van der Waals surface area contributed by atoms with Crippen molar-refractivity contribution in [2.75, 3.05) is 6.61 Å². The molecule has 0 aliphatic carbocycles. The SMILES string of the molecule is O=C(O)c1[nH]nc2c1CCOc1ccc(-c3ccccc3)cc1-2. The molecule has 0 spiro atoms. The standard InChI is InChI=1S/C18H14N2O3/c21-18(22)17-13-8-9-23-15-7-6-12(11-4-2-1-3-5-11)10-14(15)16(13)19-20-17/h1-7,10H,8-9H2,(H,19,20)(H,21,22). The minimum Gasteiger partial charge on any atom is -0.493 e. The van der Waals surface area contributed by atoms with Crippen molar-refractivity contribution in [1.29, 1.82) is 0 Å². The van der Waals surface area contributed by atoms with E-state index in [-0.39, 0.29) is 5.69 Å². The number of hydrogen-bond acceptors (Lipinski definition) is 3. The number of fused-ring (bicyclic) bond motifs is 3. The van der Waals surface area contributed by atoms with Gasteiger partial charge in [0, 0.05) is 17.5 Å². The maximum Gasteiger partial charge on any atom is 0.354 e. The number of aromatic carboxylic acids is 1. The lowest BCUT2D eigenvalue weighted by molar-refractivity contribution is 0.0689. The van der Waals surface area contributed by atoms with E-state index in [1.807, 2.05) is 48.5 Å². The number of nitrogens with zero attached hydrogens (tertiary/aromatic N) is 1. The molecule has 0 fully saturated rings. The summed E-state index contributed by atoms with van der Waals surface area (Å²) in [5, 5.41) is 16.2. The summed E-state index contributed by atoms with van der Waals surface area (Å²) in [7, 11) is 0. The second-order valence-electron chi connectivity index (χ2n) is 5.41. The molecule has 1 aromatic heterocycles. The van der Waals surface area contributed by atoms with Crippen molar-refractivity contribution in [3.8, 4) is 28.1 Å². The van der Waals surface area contributed by atoms with Crippen molar-refractivity contribution in [3.63, 3.8) is 0 Å². The lowest BCUT2D eigenvalue weighted by atomic mass is 9.98. The third kappa shape index (κ3) is 2.26. The van der Waals surface area contributed by atoms with E-state index in [2.05, 4.69) is 10.2 Å². The molecule has 2 N–H and O–H groups in total. The Hall–Kier alpha value is -3.08. The monoisotopic (exact) mass is 306 g/mol. The third-order valence-corrected chi connectivity index (χ3v) is 4.03. The van der Waals surface area contributed by atoms with E-state index in [0.717, 1.165) is 22.4 Å². The molecule has 0 unspecified atom stereocenters. The number of nitrogens with one attached hydrogen (secondary N) is 1. The zero-order valence-electron chi connectivity index (χ0n) is 12.2. The van der Waals surface area contributed by atoms with Crippen molar-refractivity contribution in [2.24, 2.45) is 0 Å². The molecule has 4 rings (SSSR count). The smallest absolute Gasteiger partial charge is 0.354 e. The summed E-state index contributed by atoms with van der Waals surface area (Å²) in [5.41, 5.74) is 4.45. The number of hydrogen-bond donors (Lipinski definition) is 2. The first-order valence-corrected chi connectivity index (χ1v) is 7.37. The van der Waals surface area contributed by atoms with E-state index in [1.54, 1.807) is 0 Å². The van der Waals surface area contributed by atoms with Gasteiger partial charge < -0.3 is 9.84 Å². The predicted molar refractivity (Wildman–Crippen MR) is 85.6 cm³/mol. The topological polar surface area (TPSA) is 75.2 Å². The zero-order chi connectivity index (χ0) is 15.8. The summed E-state index contributed by atoms with van der Waals surface area (Å²) in [4.78, 5) is 11.3. The van der Waals surface area contributed by atoms with Crippen LogP contribution < -0.4 is 4.74 Å². The van der Waals surface area contributed by atoms with E-state index in [0.29, 0.717) is 24.3 Å². The van der Waals surface area contributed by atoms with Gasteiger partial charge in [-0.15, -0.1) is 0 Å². The van der Waals surface area contributed by atoms with Crippen molar-refractivity contribution >= 4 is 5.97 Å². The van der Waals surface area contributed by atoms with Gasteiger partial charge in [0.2, 0.25) is 0 Å². The van der Waals surface area contributed by atoms with Crippen LogP contribution in [0.25, 0.3) is 22.4 Å². The highest BCUT2D eigenvalue weighted by Gasteiger charge is 2.24. The highest BCUT2D eigenvalue weighted by Crippen LogP contribution is 2.38. The number of aromatic amines is 1. The average Bonchev–Trinajstić information content (AvgIpc) is 2.92. The Balaban J connectivity index is 1.90. The highest BCUT2D eigenvalue weighted by molar-refractivity contribution is 5.90. The van der Waals surface area contributed by atoms with E-state index in [9.17, 15) is 9.90 Å². The second kappa shape index (κ2) is 5.28. The second-order valence-corrected chi connectivity index (χ2v) is 5.41. The Morgan fingerprint density at radius 3 is 2.74 bits per heavy atom. The quantitative estimate of drug-likeness (QED) is 0.761. The summed E-state index contributed by atoms with van der Waals surface area (Å²) in [5.74, 6) is -0.270. The molecule has 0 radical (unpaired) electrons. The van der Waals surface area contributed by atoms with Gasteiger partial charge >= 0.3 is 5.97 Å². The number of carboxylic acids is 1. The molecule has 0 bridgehead atoms. The summed E-state index contributed by atoms with van der Waals surface area (Å²) >= 11 is 0. The predicted octanol–water partition coefficient (Wildman–Crippen LogP) is 3.38. The van der Waals surface area contributed by atoms with Crippen LogP contribution in [0.15, 0.2) is 48.5 Å². The lowest BCUT2D eigenvalue weighted by Crippen LogP contribution is -2.05. The van der Waals surface area contributed by atoms with Crippen molar-refractivity contribution in [1.82, 2.24) is 10.2 Å². The first-order chi connectivity index (χ1) is 11.2. The number of carbonyl (C=O) groups is 1. The largest absolute Gasteiger partial charge is 0.493 e. The van der Waals surface area contributed by atoms with Gasteiger partial charge in [0.25, 0.3) is 0 Å². The summed E-state index contributed by atoms with van der Waals surface area (Å²) < 4.78 is 5.77. The van der Waals surface area contributed by atoms with Gasteiger partial charge in [-0.1, -0.05) is 36.4 Å². The number of carboxylic acid groups (broad SMARTS) is 1. The van der Waals surface area contributed by atoms with Crippen LogP contribution in [-0.2, 0) is 6.42 Å². The summed E-state index contributed by atoms with van der Waals surface area (Å²) in [6.45, 7) is 0.435. The minimum absolute atomic E-state index is 0.140. The molecule has 23 heavy (non-hydrogen) atoms. The van der Waals surface area contributed by atoms with Crippen LogP contribution in [-0.4, -0.2) is 27.9 Å². The molecule has 0 amide bonds. The minimum atomic E-state index is -0.999. The molecule has 1 aliphatic rings. The van der Waals surface area contributed by atoms with E-state index in [1.165, 1.54) is 0 Å². The molecule has 2 heterocycles. The molecule has 2 aromatic carbocycles. The maximum absolute atomic E-state index is 11.3. The van der Waals surface area contributed by atoms with Crippen LogP contribution in [0.1, 0.15) is 16.1 Å². The Labute approximate surface area is 132 Å². The third-order valence-electron chi connectivity index (χ3n) is 4.03. The average molecular weight is 306 g/mol. The molecule has 0 atom stereocenters. The Morgan fingerprint density at radius 2 is 1.96 bits per heavy atom. The van der Waals surface area contributed by atoms with Gasteiger partial charge in [0.15, 0.2) is 0 Å². The molecule has 5 heteroatoms. The molecule has 1 aliphatic heterocycles. The number of rotatable bonds is 2. The maximum atomic E-state index is 11.3. The fourth-order valence-corrected chi connectivity index (χ4v) is 2.92. The summed E-state index contributed by atoms with van der Waals surface area (Å²) in [6.07, 6.45) is 0.517. The Bertz CT molecular complexity index is 885. The Morgan fingerprint density at radius 1 is 1.13 bits per heavy atom. The first-order valence-electron chi connectivity index (χ1n) is 7.37. The molecular formula is C18H14N2O3. The van der Waals surface area contributed by atoms with Crippen molar-refractivity contribution < 1.29 is 14.6 Å². The fraction of sp³-hybridized carbons (Fsp3) is 0.111. The number of benzene rings is 2. The Kier molecular flexibility index (Phi) is 3.12. The van der Waals surface area contributed by atoms with Gasteiger partial charge in [-0.05, 0) is 23.3 Å². The molecule has 0 saturated heterocycles. The normalized spacial score (nSPS) is 12.7. The number of ether oxygens (including phenoxy) is 1.